The Labute approximate surface area is 167 Å². The normalized spacial score (nSPS) is 17.0. The fourth-order valence-corrected chi connectivity index (χ4v) is 5.18. The highest BCUT2D eigenvalue weighted by molar-refractivity contribution is 6.07. The van der Waals surface area contributed by atoms with Gasteiger partial charge in [-0.1, -0.05) is 36.4 Å². The van der Waals surface area contributed by atoms with E-state index in [4.69, 9.17) is 4.98 Å². The summed E-state index contributed by atoms with van der Waals surface area (Å²) in [4.78, 5) is 5.26. The number of H-pyrrole nitrogens is 1. The molecule has 0 radical (unpaired) electrons. The summed E-state index contributed by atoms with van der Waals surface area (Å²) < 4.78 is 0. The van der Waals surface area contributed by atoms with Crippen LogP contribution < -0.4 is 10.4 Å². The Hall–Kier alpha value is -3.46. The van der Waals surface area contributed by atoms with Gasteiger partial charge in [0.05, 0.1) is 22.9 Å². The number of aryl methyl sites for hydroxylation is 1. The van der Waals surface area contributed by atoms with E-state index in [0.717, 1.165) is 23.9 Å². The van der Waals surface area contributed by atoms with Gasteiger partial charge in [-0.3, -0.25) is 5.10 Å². The second kappa shape index (κ2) is 5.54. The van der Waals surface area contributed by atoms with Gasteiger partial charge >= 0.3 is 0 Å². The van der Waals surface area contributed by atoms with Crippen LogP contribution >= 0.6 is 0 Å². The molecule has 138 valence electrons. The minimum absolute atomic E-state index is 1.08. The van der Waals surface area contributed by atoms with Gasteiger partial charge < -0.3 is 0 Å². The van der Waals surface area contributed by atoms with Crippen molar-refractivity contribution in [1.82, 2.24) is 15.2 Å². The van der Waals surface area contributed by atoms with E-state index >= 15 is 0 Å². The van der Waals surface area contributed by atoms with Crippen LogP contribution in [0.3, 0.4) is 0 Å². The highest BCUT2D eigenvalue weighted by Crippen LogP contribution is 2.37. The zero-order valence-corrected chi connectivity index (χ0v) is 16.0. The van der Waals surface area contributed by atoms with Crippen molar-refractivity contribution in [1.29, 1.82) is 0 Å². The van der Waals surface area contributed by atoms with E-state index in [0.29, 0.717) is 0 Å². The van der Waals surface area contributed by atoms with Crippen LogP contribution in [-0.4, -0.2) is 15.2 Å². The van der Waals surface area contributed by atoms with Crippen molar-refractivity contribution in [2.24, 2.45) is 0 Å². The first kappa shape index (κ1) is 15.5. The maximum Gasteiger partial charge on any atom is 0.0750 e. The number of allylic oxidation sites excluding steroid dienone is 4. The molecule has 0 aliphatic heterocycles. The Morgan fingerprint density at radius 1 is 0.828 bits per heavy atom. The number of hydrogen-bond donors (Lipinski definition) is 1. The van der Waals surface area contributed by atoms with Crippen LogP contribution in [-0.2, 0) is 12.8 Å². The highest BCUT2D eigenvalue weighted by Gasteiger charge is 2.24. The summed E-state index contributed by atoms with van der Waals surface area (Å²) in [5.74, 6) is 0. The van der Waals surface area contributed by atoms with Crippen molar-refractivity contribution >= 4 is 33.0 Å². The predicted octanol–water partition coefficient (Wildman–Crippen LogP) is 3.85. The molecule has 2 heterocycles. The maximum atomic E-state index is 5.26. The van der Waals surface area contributed by atoms with E-state index in [9.17, 15) is 0 Å². The average Bonchev–Trinajstić information content (AvgIpc) is 3.41. The molecule has 3 aliphatic rings. The van der Waals surface area contributed by atoms with Gasteiger partial charge in [0.25, 0.3) is 0 Å². The number of nitrogens with one attached hydrogen (secondary N) is 1. The lowest BCUT2D eigenvalue weighted by atomic mass is 9.85. The van der Waals surface area contributed by atoms with Gasteiger partial charge in [-0.25, -0.2) is 4.98 Å². The van der Waals surface area contributed by atoms with Crippen molar-refractivity contribution in [3.05, 3.63) is 93.7 Å². The van der Waals surface area contributed by atoms with Crippen LogP contribution in [0, 0.1) is 0 Å². The predicted molar refractivity (Wildman–Crippen MR) is 117 cm³/mol. The van der Waals surface area contributed by atoms with E-state index in [1.807, 2.05) is 6.20 Å². The lowest BCUT2D eigenvalue weighted by molar-refractivity contribution is 0.686. The number of aromatic amines is 1. The third-order valence-electron chi connectivity index (χ3n) is 6.61. The molecule has 0 bridgehead atoms. The maximum absolute atomic E-state index is 5.26. The van der Waals surface area contributed by atoms with Crippen LogP contribution in [0.5, 0.6) is 0 Å². The Balaban J connectivity index is 1.65. The summed E-state index contributed by atoms with van der Waals surface area (Å²) in [6.07, 6.45) is 13.5. The van der Waals surface area contributed by atoms with E-state index in [-0.39, 0.29) is 0 Å². The molecular formula is C26H19N3. The van der Waals surface area contributed by atoms with Crippen molar-refractivity contribution in [3.63, 3.8) is 0 Å². The van der Waals surface area contributed by atoms with Crippen LogP contribution in [0.25, 0.3) is 33.0 Å². The summed E-state index contributed by atoms with van der Waals surface area (Å²) in [6, 6.07) is 13.0. The van der Waals surface area contributed by atoms with Crippen molar-refractivity contribution in [2.75, 3.05) is 0 Å². The van der Waals surface area contributed by atoms with Gasteiger partial charge in [-0.05, 0) is 76.6 Å². The van der Waals surface area contributed by atoms with Gasteiger partial charge in [0.15, 0.2) is 0 Å². The number of aromatic nitrogens is 3. The Kier molecular flexibility index (Phi) is 2.95. The van der Waals surface area contributed by atoms with Gasteiger partial charge in [-0.15, -0.1) is 0 Å². The molecule has 2 aromatic carbocycles. The lowest BCUT2D eigenvalue weighted by Crippen LogP contribution is -2.27. The molecule has 29 heavy (non-hydrogen) atoms. The minimum Gasteiger partial charge on any atom is -0.278 e. The molecule has 0 saturated carbocycles. The molecule has 0 atom stereocenters. The standard InChI is InChI=1S/C26H19N3/c1-2-6-17-16(5-1)20(10-9-15-13-21(15)17)26-19-8-4-3-7-18(19)25-22-14-27-29-23(22)11-12-24(25)28-26/h1-2,5-6,9-14H,3-4,7-8H2,(H,27,29). The smallest absolute Gasteiger partial charge is 0.0750 e. The van der Waals surface area contributed by atoms with Crippen molar-refractivity contribution < 1.29 is 0 Å². The fraction of sp³-hybridized carbons (Fsp3) is 0.154. The quantitative estimate of drug-likeness (QED) is 0.551. The molecule has 2 aromatic heterocycles. The molecule has 3 nitrogen and oxygen atoms in total. The van der Waals surface area contributed by atoms with Gasteiger partial charge in [0.1, 0.15) is 0 Å². The molecule has 0 unspecified atom stereocenters. The molecule has 4 aromatic rings. The van der Waals surface area contributed by atoms with Gasteiger partial charge in [0.2, 0.25) is 0 Å². The highest BCUT2D eigenvalue weighted by atomic mass is 15.1. The molecule has 0 spiro atoms. The number of pyridine rings is 1. The minimum atomic E-state index is 1.08. The fourth-order valence-electron chi connectivity index (χ4n) is 5.18. The number of nitrogens with zero attached hydrogens (tertiary/aromatic N) is 2. The largest absolute Gasteiger partial charge is 0.278 e. The summed E-state index contributed by atoms with van der Waals surface area (Å²) >= 11 is 0. The topological polar surface area (TPSA) is 41.6 Å². The molecule has 7 rings (SSSR count). The number of rotatable bonds is 1. The third kappa shape index (κ3) is 2.13. The second-order valence-electron chi connectivity index (χ2n) is 8.22. The number of fused-ring (bicyclic) bond motifs is 7. The first-order chi connectivity index (χ1) is 14.4. The van der Waals surface area contributed by atoms with Crippen LogP contribution in [0.15, 0.2) is 66.4 Å². The van der Waals surface area contributed by atoms with E-state index < -0.39 is 0 Å². The molecular weight excluding hydrogens is 354 g/mol. The van der Waals surface area contributed by atoms with Crippen molar-refractivity contribution in [2.45, 2.75) is 25.7 Å². The van der Waals surface area contributed by atoms with Gasteiger partial charge in [0, 0.05) is 16.3 Å². The third-order valence-corrected chi connectivity index (χ3v) is 6.61. The Morgan fingerprint density at radius 2 is 1.66 bits per heavy atom. The van der Waals surface area contributed by atoms with Crippen LogP contribution in [0.2, 0.25) is 0 Å². The summed E-state index contributed by atoms with van der Waals surface area (Å²) in [5.41, 5.74) is 10.2. The molecule has 3 aliphatic carbocycles. The molecule has 3 heteroatoms. The van der Waals surface area contributed by atoms with E-state index in [1.165, 1.54) is 67.6 Å². The first-order valence-electron chi connectivity index (χ1n) is 10.4. The first-order valence-corrected chi connectivity index (χ1v) is 10.4. The summed E-state index contributed by atoms with van der Waals surface area (Å²) in [6.45, 7) is 0. The summed E-state index contributed by atoms with van der Waals surface area (Å²) in [5, 5.41) is 12.5. The molecule has 0 saturated heterocycles. The lowest BCUT2D eigenvalue weighted by Gasteiger charge is -2.22. The summed E-state index contributed by atoms with van der Waals surface area (Å²) in [7, 11) is 0. The van der Waals surface area contributed by atoms with Crippen molar-refractivity contribution in [3.8, 4) is 0 Å². The number of benzene rings is 2. The molecule has 0 amide bonds. The van der Waals surface area contributed by atoms with E-state index in [2.05, 4.69) is 64.8 Å². The van der Waals surface area contributed by atoms with Crippen LogP contribution in [0.1, 0.15) is 29.7 Å². The average molecular weight is 373 g/mol. The molecule has 1 N–H and O–H groups in total. The van der Waals surface area contributed by atoms with Gasteiger partial charge in [-0.2, -0.15) is 5.10 Å². The second-order valence-corrected chi connectivity index (χ2v) is 8.22. The zero-order valence-electron chi connectivity index (χ0n) is 16.0. The van der Waals surface area contributed by atoms with E-state index in [1.54, 1.807) is 0 Å². The Morgan fingerprint density at radius 3 is 2.55 bits per heavy atom. The SMILES string of the molecule is C1=CC(c2nc3ccc4[nH]ncc4c3c3c2CCCC3)=c2ccccc2=C2C=C12. The molecule has 0 fully saturated rings. The monoisotopic (exact) mass is 373 g/mol. The van der Waals surface area contributed by atoms with Crippen LogP contribution in [0.4, 0.5) is 0 Å². The number of hydrogen-bond acceptors (Lipinski definition) is 2. The Bertz CT molecular complexity index is 1550. The zero-order chi connectivity index (χ0) is 18.9.